The Kier molecular flexibility index (Phi) is 4.82. The molecular weight excluding hydrogens is 336 g/mol. The number of hydrogen-bond acceptors (Lipinski definition) is 5. The maximum atomic E-state index is 12.6. The Balaban J connectivity index is 1.78. The molecule has 7 heteroatoms. The van der Waals surface area contributed by atoms with E-state index in [4.69, 9.17) is 0 Å². The van der Waals surface area contributed by atoms with Gasteiger partial charge in [0.1, 0.15) is 5.54 Å². The van der Waals surface area contributed by atoms with Gasteiger partial charge in [-0.2, -0.15) is 5.26 Å². The number of nitrogens with zero attached hydrogens (tertiary/aromatic N) is 3. The SMILES string of the molecule is CCn1c(SCC(=O)N[C@@](C)(C#N)C2CC2)nc2ccccc2c1=O. The zero-order valence-electron chi connectivity index (χ0n) is 14.3. The van der Waals surface area contributed by atoms with Crippen LogP contribution in [-0.4, -0.2) is 26.8 Å². The highest BCUT2D eigenvalue weighted by atomic mass is 32.2. The van der Waals surface area contributed by atoms with Gasteiger partial charge in [0, 0.05) is 6.54 Å². The van der Waals surface area contributed by atoms with Gasteiger partial charge in [-0.3, -0.25) is 14.2 Å². The van der Waals surface area contributed by atoms with Crippen LogP contribution in [0.1, 0.15) is 26.7 Å². The highest BCUT2D eigenvalue weighted by Crippen LogP contribution is 2.39. The van der Waals surface area contributed by atoms with Crippen molar-refractivity contribution in [2.45, 2.75) is 43.9 Å². The van der Waals surface area contributed by atoms with E-state index in [1.54, 1.807) is 23.6 Å². The molecule has 1 fully saturated rings. The van der Waals surface area contributed by atoms with Gasteiger partial charge in [-0.05, 0) is 44.7 Å². The largest absolute Gasteiger partial charge is 0.337 e. The summed E-state index contributed by atoms with van der Waals surface area (Å²) in [6.45, 7) is 4.13. The molecule has 25 heavy (non-hydrogen) atoms. The molecule has 1 saturated carbocycles. The third-order valence-corrected chi connectivity index (χ3v) is 5.48. The number of benzene rings is 1. The van der Waals surface area contributed by atoms with E-state index in [2.05, 4.69) is 16.4 Å². The summed E-state index contributed by atoms with van der Waals surface area (Å²) >= 11 is 1.22. The Morgan fingerprint density at radius 2 is 2.20 bits per heavy atom. The lowest BCUT2D eigenvalue weighted by molar-refractivity contribution is -0.119. The fourth-order valence-corrected chi connectivity index (χ4v) is 3.74. The van der Waals surface area contributed by atoms with Crippen LogP contribution in [0.15, 0.2) is 34.2 Å². The predicted octanol–water partition coefficient (Wildman–Crippen LogP) is 2.32. The third kappa shape index (κ3) is 3.54. The van der Waals surface area contributed by atoms with Gasteiger partial charge < -0.3 is 5.32 Å². The van der Waals surface area contributed by atoms with Crippen molar-refractivity contribution in [1.82, 2.24) is 14.9 Å². The molecule has 1 N–H and O–H groups in total. The van der Waals surface area contributed by atoms with Gasteiger partial charge >= 0.3 is 0 Å². The minimum atomic E-state index is -0.807. The molecule has 0 radical (unpaired) electrons. The summed E-state index contributed by atoms with van der Waals surface area (Å²) < 4.78 is 1.57. The monoisotopic (exact) mass is 356 g/mol. The van der Waals surface area contributed by atoms with Crippen molar-refractivity contribution in [1.29, 1.82) is 5.26 Å². The van der Waals surface area contributed by atoms with E-state index < -0.39 is 5.54 Å². The first-order valence-electron chi connectivity index (χ1n) is 8.33. The summed E-state index contributed by atoms with van der Waals surface area (Å²) in [5.74, 6) is 0.138. The number of para-hydroxylation sites is 1. The molecule has 0 spiro atoms. The number of carbonyl (C=O) groups is 1. The van der Waals surface area contributed by atoms with Gasteiger partial charge in [0.05, 0.1) is 22.7 Å². The zero-order valence-corrected chi connectivity index (χ0v) is 15.1. The Morgan fingerprint density at radius 1 is 1.48 bits per heavy atom. The predicted molar refractivity (Wildman–Crippen MR) is 97.3 cm³/mol. The second-order valence-electron chi connectivity index (χ2n) is 6.39. The number of carbonyl (C=O) groups excluding carboxylic acids is 1. The third-order valence-electron chi connectivity index (χ3n) is 4.50. The van der Waals surface area contributed by atoms with Crippen molar-refractivity contribution in [3.8, 4) is 6.07 Å². The Labute approximate surface area is 150 Å². The van der Waals surface area contributed by atoms with E-state index in [-0.39, 0.29) is 23.1 Å². The van der Waals surface area contributed by atoms with Gasteiger partial charge in [-0.15, -0.1) is 0 Å². The average molecular weight is 356 g/mol. The molecule has 1 heterocycles. The fourth-order valence-electron chi connectivity index (χ4n) is 2.87. The second kappa shape index (κ2) is 6.89. The molecule has 3 rings (SSSR count). The second-order valence-corrected chi connectivity index (χ2v) is 7.33. The molecule has 6 nitrogen and oxygen atoms in total. The molecule has 2 aromatic rings. The van der Waals surface area contributed by atoms with Crippen molar-refractivity contribution >= 4 is 28.6 Å². The maximum Gasteiger partial charge on any atom is 0.262 e. The summed E-state index contributed by atoms with van der Waals surface area (Å²) in [7, 11) is 0. The standard InChI is InChI=1S/C18H20N4O2S/c1-3-22-16(24)13-6-4-5-7-14(13)20-17(22)25-10-15(23)21-18(2,11-19)12-8-9-12/h4-7,12H,3,8-10H2,1-2H3,(H,21,23)/t18-/m0/s1. The Bertz CT molecular complexity index is 913. The molecule has 1 atom stereocenters. The Morgan fingerprint density at radius 3 is 2.84 bits per heavy atom. The normalized spacial score (nSPS) is 16.2. The summed E-state index contributed by atoms with van der Waals surface area (Å²) in [5, 5.41) is 13.3. The summed E-state index contributed by atoms with van der Waals surface area (Å²) in [4.78, 5) is 29.4. The number of nitrogens with one attached hydrogen (secondary N) is 1. The van der Waals surface area contributed by atoms with Crippen molar-refractivity contribution in [3.05, 3.63) is 34.6 Å². The number of thioether (sulfide) groups is 1. The molecule has 1 aromatic carbocycles. The van der Waals surface area contributed by atoms with Crippen LogP contribution in [0.2, 0.25) is 0 Å². The Hall–Kier alpha value is -2.33. The van der Waals surface area contributed by atoms with Gasteiger partial charge in [0.2, 0.25) is 5.91 Å². The fraction of sp³-hybridized carbons (Fsp3) is 0.444. The summed E-state index contributed by atoms with van der Waals surface area (Å²) in [5.41, 5.74) is -0.283. The molecule has 130 valence electrons. The highest BCUT2D eigenvalue weighted by Gasteiger charge is 2.42. The molecule has 1 aliphatic carbocycles. The topological polar surface area (TPSA) is 87.8 Å². The van der Waals surface area contributed by atoms with Crippen LogP contribution in [-0.2, 0) is 11.3 Å². The van der Waals surface area contributed by atoms with Gasteiger partial charge in [0.25, 0.3) is 5.56 Å². The first-order chi connectivity index (χ1) is 12.0. The summed E-state index contributed by atoms with van der Waals surface area (Å²) in [6, 6.07) is 9.41. The van der Waals surface area contributed by atoms with Crippen molar-refractivity contribution < 1.29 is 4.79 Å². The van der Waals surface area contributed by atoms with Gasteiger partial charge in [-0.1, -0.05) is 23.9 Å². The van der Waals surface area contributed by atoms with Crippen LogP contribution in [0.4, 0.5) is 0 Å². The van der Waals surface area contributed by atoms with E-state index in [9.17, 15) is 14.9 Å². The number of fused-ring (bicyclic) bond motifs is 1. The van der Waals surface area contributed by atoms with Crippen LogP contribution in [0.3, 0.4) is 0 Å². The quantitative estimate of drug-likeness (QED) is 0.634. The van der Waals surface area contributed by atoms with E-state index in [1.807, 2.05) is 19.1 Å². The summed E-state index contributed by atoms with van der Waals surface area (Å²) in [6.07, 6.45) is 1.94. The van der Waals surface area contributed by atoms with Crippen molar-refractivity contribution in [2.24, 2.45) is 5.92 Å². The first kappa shape index (κ1) is 17.5. The van der Waals surface area contributed by atoms with Crippen LogP contribution >= 0.6 is 11.8 Å². The number of amides is 1. The molecule has 1 aliphatic rings. The maximum absolute atomic E-state index is 12.6. The molecule has 0 bridgehead atoms. The van der Waals surface area contributed by atoms with Crippen LogP contribution in [0.5, 0.6) is 0 Å². The molecule has 0 unspecified atom stereocenters. The minimum absolute atomic E-state index is 0.101. The van der Waals surface area contributed by atoms with E-state index in [1.165, 1.54) is 11.8 Å². The highest BCUT2D eigenvalue weighted by molar-refractivity contribution is 7.99. The minimum Gasteiger partial charge on any atom is -0.337 e. The smallest absolute Gasteiger partial charge is 0.262 e. The lowest BCUT2D eigenvalue weighted by atomic mass is 9.98. The van der Waals surface area contributed by atoms with Crippen molar-refractivity contribution in [2.75, 3.05) is 5.75 Å². The molecule has 1 aromatic heterocycles. The number of hydrogen-bond donors (Lipinski definition) is 1. The lowest BCUT2D eigenvalue weighted by Crippen LogP contribution is -2.47. The van der Waals surface area contributed by atoms with Crippen LogP contribution in [0.25, 0.3) is 10.9 Å². The average Bonchev–Trinajstić information content (AvgIpc) is 3.45. The molecule has 0 aliphatic heterocycles. The van der Waals surface area contributed by atoms with Crippen LogP contribution in [0, 0.1) is 17.2 Å². The molecular formula is C18H20N4O2S. The number of rotatable bonds is 6. The van der Waals surface area contributed by atoms with Crippen LogP contribution < -0.4 is 10.9 Å². The lowest BCUT2D eigenvalue weighted by Gasteiger charge is -2.22. The van der Waals surface area contributed by atoms with E-state index in [0.717, 1.165) is 12.8 Å². The van der Waals surface area contributed by atoms with Gasteiger partial charge in [0.15, 0.2) is 5.16 Å². The van der Waals surface area contributed by atoms with Gasteiger partial charge in [-0.25, -0.2) is 4.98 Å². The first-order valence-corrected chi connectivity index (χ1v) is 9.31. The molecule has 1 amide bonds. The molecule has 0 saturated heterocycles. The number of nitriles is 1. The number of aromatic nitrogens is 2. The zero-order chi connectivity index (χ0) is 18.0. The van der Waals surface area contributed by atoms with E-state index >= 15 is 0 Å². The van der Waals surface area contributed by atoms with Crippen molar-refractivity contribution in [3.63, 3.8) is 0 Å². The van der Waals surface area contributed by atoms with E-state index in [0.29, 0.717) is 22.6 Å².